The monoisotopic (exact) mass is 396 g/mol. The number of unbranched alkanes of at least 4 members (excludes halogenated alkanes) is 1. The fourth-order valence-corrected chi connectivity index (χ4v) is 3.77. The summed E-state index contributed by atoms with van der Waals surface area (Å²) in [6, 6.07) is 25.1. The van der Waals surface area contributed by atoms with Crippen molar-refractivity contribution in [2.24, 2.45) is 0 Å². The lowest BCUT2D eigenvalue weighted by Gasteiger charge is -2.10. The molecule has 3 nitrogen and oxygen atoms in total. The predicted octanol–water partition coefficient (Wildman–Crippen LogP) is 6.68. The molecule has 0 bridgehead atoms. The van der Waals surface area contributed by atoms with Gasteiger partial charge in [0.2, 0.25) is 0 Å². The second-order valence-corrected chi connectivity index (χ2v) is 7.73. The summed E-state index contributed by atoms with van der Waals surface area (Å²) in [7, 11) is 0. The molecule has 0 aliphatic carbocycles. The lowest BCUT2D eigenvalue weighted by molar-refractivity contribution is 0.303. The highest BCUT2D eigenvalue weighted by atomic mass is 16.5. The van der Waals surface area contributed by atoms with E-state index in [9.17, 15) is 0 Å². The fourth-order valence-electron chi connectivity index (χ4n) is 3.77. The molecule has 1 heterocycles. The summed E-state index contributed by atoms with van der Waals surface area (Å²) in [6.07, 6.45) is 6.28. The van der Waals surface area contributed by atoms with Gasteiger partial charge < -0.3 is 9.30 Å². The second-order valence-electron chi connectivity index (χ2n) is 7.73. The van der Waals surface area contributed by atoms with Crippen molar-refractivity contribution in [3.63, 3.8) is 0 Å². The van der Waals surface area contributed by atoms with Gasteiger partial charge in [-0.2, -0.15) is 0 Å². The average Bonchev–Trinajstić information content (AvgIpc) is 3.10. The van der Waals surface area contributed by atoms with Crippen molar-refractivity contribution >= 4 is 23.2 Å². The van der Waals surface area contributed by atoms with Crippen LogP contribution in [0.3, 0.4) is 0 Å². The topological polar surface area (TPSA) is 27.1 Å². The first-order valence-corrected chi connectivity index (χ1v) is 10.6. The van der Waals surface area contributed by atoms with E-state index in [-0.39, 0.29) is 0 Å². The molecule has 4 rings (SSSR count). The molecule has 1 aromatic heterocycles. The summed E-state index contributed by atoms with van der Waals surface area (Å²) >= 11 is 0. The Bertz CT molecular complexity index is 1120. The number of aryl methyl sites for hydroxylation is 3. The van der Waals surface area contributed by atoms with Crippen LogP contribution < -0.4 is 4.74 Å². The molecule has 0 fully saturated rings. The van der Waals surface area contributed by atoms with Crippen molar-refractivity contribution in [2.75, 3.05) is 6.61 Å². The van der Waals surface area contributed by atoms with Crippen molar-refractivity contribution in [1.29, 1.82) is 0 Å². The first-order valence-electron chi connectivity index (χ1n) is 10.6. The zero-order valence-electron chi connectivity index (χ0n) is 17.7. The number of para-hydroxylation sites is 2. The maximum absolute atomic E-state index is 5.97. The zero-order chi connectivity index (χ0) is 20.8. The Labute approximate surface area is 178 Å². The molecule has 0 aliphatic rings. The molecule has 3 heteroatoms. The number of nitrogens with zero attached hydrogens (tertiary/aromatic N) is 2. The molecule has 0 unspecified atom stereocenters. The van der Waals surface area contributed by atoms with E-state index in [1.165, 1.54) is 22.2 Å². The fraction of sp³-hybridized carbons (Fsp3) is 0.222. The standard InChI is InChI=1S/C27H28N2O/c1-21-18-22(2)20-24(19-21)30-17-9-8-16-29-26-13-7-6-12-25(26)28-27(29)15-14-23-10-4-3-5-11-23/h3-7,10-15,18-20H,8-9,16-17H2,1-2H3/b15-14+. The zero-order valence-corrected chi connectivity index (χ0v) is 17.7. The normalized spacial score (nSPS) is 11.4. The van der Waals surface area contributed by atoms with E-state index in [1.807, 2.05) is 12.1 Å². The Balaban J connectivity index is 1.42. The molecule has 0 saturated heterocycles. The van der Waals surface area contributed by atoms with Crippen molar-refractivity contribution in [3.05, 3.63) is 95.3 Å². The van der Waals surface area contributed by atoms with Crippen molar-refractivity contribution < 1.29 is 4.74 Å². The van der Waals surface area contributed by atoms with Crippen LogP contribution in [0, 0.1) is 13.8 Å². The van der Waals surface area contributed by atoms with E-state index in [0.717, 1.165) is 43.1 Å². The molecule has 152 valence electrons. The van der Waals surface area contributed by atoms with Gasteiger partial charge in [0.15, 0.2) is 0 Å². The van der Waals surface area contributed by atoms with Gasteiger partial charge in [-0.3, -0.25) is 0 Å². The van der Waals surface area contributed by atoms with E-state index in [4.69, 9.17) is 9.72 Å². The van der Waals surface area contributed by atoms with Gasteiger partial charge in [0.1, 0.15) is 11.6 Å². The molecule has 0 radical (unpaired) electrons. The van der Waals surface area contributed by atoms with Gasteiger partial charge >= 0.3 is 0 Å². The Hall–Kier alpha value is -3.33. The first-order chi connectivity index (χ1) is 14.7. The minimum absolute atomic E-state index is 0.727. The largest absolute Gasteiger partial charge is 0.494 e. The molecule has 0 saturated carbocycles. The third kappa shape index (κ3) is 4.98. The summed E-state index contributed by atoms with van der Waals surface area (Å²) in [5, 5.41) is 0. The molecule has 0 N–H and O–H groups in total. The SMILES string of the molecule is Cc1cc(C)cc(OCCCCn2c(/C=C/c3ccccc3)nc3ccccc32)c1. The third-order valence-electron chi connectivity index (χ3n) is 5.15. The van der Waals surface area contributed by atoms with Crippen molar-refractivity contribution in [3.8, 4) is 5.75 Å². The van der Waals surface area contributed by atoms with Gasteiger partial charge in [-0.1, -0.05) is 54.6 Å². The van der Waals surface area contributed by atoms with Crippen LogP contribution in [0.4, 0.5) is 0 Å². The summed E-state index contributed by atoms with van der Waals surface area (Å²) in [6.45, 7) is 5.86. The number of benzene rings is 3. The van der Waals surface area contributed by atoms with Crippen LogP contribution in [0.25, 0.3) is 23.2 Å². The van der Waals surface area contributed by atoms with Crippen molar-refractivity contribution in [1.82, 2.24) is 9.55 Å². The van der Waals surface area contributed by atoms with Crippen LogP contribution in [0.5, 0.6) is 5.75 Å². The number of fused-ring (bicyclic) bond motifs is 1. The number of hydrogen-bond acceptors (Lipinski definition) is 2. The number of rotatable bonds is 8. The second kappa shape index (κ2) is 9.45. The van der Waals surface area contributed by atoms with Crippen LogP contribution in [0.2, 0.25) is 0 Å². The lowest BCUT2D eigenvalue weighted by Crippen LogP contribution is -2.04. The van der Waals surface area contributed by atoms with Crippen LogP contribution >= 0.6 is 0 Å². The third-order valence-corrected chi connectivity index (χ3v) is 5.15. The summed E-state index contributed by atoms with van der Waals surface area (Å²) < 4.78 is 8.28. The maximum atomic E-state index is 5.97. The predicted molar refractivity (Wildman–Crippen MR) is 126 cm³/mol. The molecule has 3 aromatic carbocycles. The molecule has 30 heavy (non-hydrogen) atoms. The highest BCUT2D eigenvalue weighted by molar-refractivity contribution is 5.79. The first kappa shape index (κ1) is 20.0. The highest BCUT2D eigenvalue weighted by Crippen LogP contribution is 2.20. The van der Waals surface area contributed by atoms with Crippen LogP contribution in [0.1, 0.15) is 35.4 Å². The quantitative estimate of drug-likeness (QED) is 0.311. The van der Waals surface area contributed by atoms with Gasteiger partial charge in [-0.05, 0) is 73.7 Å². The van der Waals surface area contributed by atoms with Crippen LogP contribution in [-0.2, 0) is 6.54 Å². The Morgan fingerprint density at radius 3 is 2.37 bits per heavy atom. The lowest BCUT2D eigenvalue weighted by atomic mass is 10.1. The molecule has 0 amide bonds. The van der Waals surface area contributed by atoms with E-state index >= 15 is 0 Å². The molecule has 4 aromatic rings. The smallest absolute Gasteiger partial charge is 0.133 e. The van der Waals surface area contributed by atoms with E-state index in [1.54, 1.807) is 0 Å². The van der Waals surface area contributed by atoms with Crippen molar-refractivity contribution in [2.45, 2.75) is 33.2 Å². The molecule has 0 aliphatic heterocycles. The van der Waals surface area contributed by atoms with Gasteiger partial charge in [0.25, 0.3) is 0 Å². The molecule has 0 atom stereocenters. The average molecular weight is 397 g/mol. The Morgan fingerprint density at radius 2 is 1.57 bits per heavy atom. The molecule has 0 spiro atoms. The van der Waals surface area contributed by atoms with Gasteiger partial charge in [-0.25, -0.2) is 4.98 Å². The van der Waals surface area contributed by atoms with Gasteiger partial charge in [-0.15, -0.1) is 0 Å². The number of ether oxygens (including phenoxy) is 1. The number of hydrogen-bond donors (Lipinski definition) is 0. The summed E-state index contributed by atoms with van der Waals surface area (Å²) in [5.74, 6) is 1.96. The summed E-state index contributed by atoms with van der Waals surface area (Å²) in [5.41, 5.74) is 5.88. The van der Waals surface area contributed by atoms with E-state index in [2.05, 4.69) is 91.2 Å². The van der Waals surface area contributed by atoms with Gasteiger partial charge in [0.05, 0.1) is 17.6 Å². The highest BCUT2D eigenvalue weighted by Gasteiger charge is 2.08. The minimum atomic E-state index is 0.727. The summed E-state index contributed by atoms with van der Waals surface area (Å²) in [4.78, 5) is 4.84. The number of aromatic nitrogens is 2. The van der Waals surface area contributed by atoms with Gasteiger partial charge in [0, 0.05) is 6.54 Å². The van der Waals surface area contributed by atoms with E-state index < -0.39 is 0 Å². The maximum Gasteiger partial charge on any atom is 0.133 e. The Kier molecular flexibility index (Phi) is 6.29. The minimum Gasteiger partial charge on any atom is -0.494 e. The Morgan fingerprint density at radius 1 is 0.833 bits per heavy atom. The van der Waals surface area contributed by atoms with E-state index in [0.29, 0.717) is 0 Å². The van der Waals surface area contributed by atoms with Crippen LogP contribution in [-0.4, -0.2) is 16.2 Å². The molecular weight excluding hydrogens is 368 g/mol. The number of imidazole rings is 1. The van der Waals surface area contributed by atoms with Crippen LogP contribution in [0.15, 0.2) is 72.8 Å². The molecular formula is C27H28N2O.